The van der Waals surface area contributed by atoms with E-state index in [0.29, 0.717) is 34.3 Å². The van der Waals surface area contributed by atoms with Crippen molar-refractivity contribution in [1.82, 2.24) is 9.62 Å². The van der Waals surface area contributed by atoms with Gasteiger partial charge in [0.15, 0.2) is 5.96 Å². The van der Waals surface area contributed by atoms with Crippen LogP contribution in [0.1, 0.15) is 25.8 Å². The number of likely N-dealkylation sites (N-methyl/N-ethyl adjacent to an activating group) is 1. The normalized spacial score (nSPS) is 12.5. The van der Waals surface area contributed by atoms with Gasteiger partial charge in [0.2, 0.25) is 0 Å². The van der Waals surface area contributed by atoms with Gasteiger partial charge in [0.25, 0.3) is 0 Å². The van der Waals surface area contributed by atoms with Gasteiger partial charge in [-0.2, -0.15) is 0 Å². The van der Waals surface area contributed by atoms with Crippen molar-refractivity contribution in [2.75, 3.05) is 50.4 Å². The summed E-state index contributed by atoms with van der Waals surface area (Å²) in [6.07, 6.45) is 1.10. The number of anilines is 2. The predicted molar refractivity (Wildman–Crippen MR) is 162 cm³/mol. The third-order valence-electron chi connectivity index (χ3n) is 6.14. The maximum atomic E-state index is 12.6. The van der Waals surface area contributed by atoms with Crippen LogP contribution >= 0.6 is 0 Å². The summed E-state index contributed by atoms with van der Waals surface area (Å²) in [7, 11) is -1.30. The molecule has 7 N–H and O–H groups in total. The molecule has 0 aromatic heterocycles. The van der Waals surface area contributed by atoms with E-state index in [1.165, 1.54) is 0 Å². The maximum Gasteiger partial charge on any atom is 0.198 e. The van der Waals surface area contributed by atoms with Crippen LogP contribution in [-0.2, 0) is 11.0 Å². The first-order valence-corrected chi connectivity index (χ1v) is 14.3. The Morgan fingerprint density at radius 3 is 2.49 bits per heavy atom. The Hall–Kier alpha value is -3.44. The number of nitrogens with two attached hydrogens (primary N) is 2. The highest BCUT2D eigenvalue weighted by Crippen LogP contribution is 2.39. The Bertz CT molecular complexity index is 1270. The highest BCUT2D eigenvalue weighted by atomic mass is 32.2. The van der Waals surface area contributed by atoms with Gasteiger partial charge in [0.1, 0.15) is 23.3 Å². The Labute approximate surface area is 233 Å². The van der Waals surface area contributed by atoms with Crippen molar-refractivity contribution in [2.24, 2.45) is 10.7 Å². The largest absolute Gasteiger partial charge is 0.490 e. The van der Waals surface area contributed by atoms with Crippen molar-refractivity contribution in [2.45, 2.75) is 32.1 Å². The zero-order chi connectivity index (χ0) is 28.2. The van der Waals surface area contributed by atoms with Gasteiger partial charge in [0.05, 0.1) is 22.9 Å². The minimum Gasteiger partial charge on any atom is -0.490 e. The predicted octanol–water partition coefficient (Wildman–Crippen LogP) is 4.02. The fourth-order valence-corrected chi connectivity index (χ4v) is 4.96. The monoisotopic (exact) mass is 552 g/mol. The number of nitrogens with zero attached hydrogens (tertiary/aromatic N) is 2. The van der Waals surface area contributed by atoms with Crippen LogP contribution in [0.15, 0.2) is 70.6 Å². The Kier molecular flexibility index (Phi) is 11.8. The lowest BCUT2D eigenvalue weighted by Gasteiger charge is -2.19. The van der Waals surface area contributed by atoms with Crippen molar-refractivity contribution < 1.29 is 14.1 Å². The molecule has 0 saturated heterocycles. The third kappa shape index (κ3) is 8.79. The van der Waals surface area contributed by atoms with Crippen molar-refractivity contribution in [3.63, 3.8) is 0 Å². The number of aliphatic hydroxyl groups excluding tert-OH is 1. The van der Waals surface area contributed by atoms with Gasteiger partial charge in [-0.05, 0) is 67.9 Å². The number of aryl methyl sites for hydroxylation is 1. The number of nitrogen functional groups attached to an aromatic ring is 1. The molecule has 10 heteroatoms. The molecule has 1 atom stereocenters. The molecule has 0 aliphatic heterocycles. The number of aliphatic hydroxyl groups is 1. The van der Waals surface area contributed by atoms with Crippen molar-refractivity contribution >= 4 is 34.0 Å². The highest BCUT2D eigenvalue weighted by Gasteiger charge is 2.14. The molecular weight excluding hydrogens is 512 g/mol. The summed E-state index contributed by atoms with van der Waals surface area (Å²) in [5, 5.41) is 12.3. The molecule has 9 nitrogen and oxygen atoms in total. The Morgan fingerprint density at radius 2 is 1.82 bits per heavy atom. The molecular formula is C29H40N6O3S. The molecule has 3 aromatic rings. The van der Waals surface area contributed by atoms with Gasteiger partial charge in [-0.25, -0.2) is 13.9 Å². The molecule has 0 amide bonds. The number of rotatable bonds is 14. The summed E-state index contributed by atoms with van der Waals surface area (Å²) in [5.74, 6) is 0.691. The van der Waals surface area contributed by atoms with Gasteiger partial charge in [0, 0.05) is 30.4 Å². The van der Waals surface area contributed by atoms with E-state index >= 15 is 0 Å². The molecule has 210 valence electrons. The molecule has 0 aliphatic rings. The molecule has 3 rings (SSSR count). The van der Waals surface area contributed by atoms with Gasteiger partial charge in [-0.1, -0.05) is 38.1 Å². The zero-order valence-corrected chi connectivity index (χ0v) is 23.8. The molecule has 0 spiro atoms. The second-order valence-electron chi connectivity index (χ2n) is 9.04. The van der Waals surface area contributed by atoms with Gasteiger partial charge in [-0.15, -0.1) is 0 Å². The lowest BCUT2D eigenvalue weighted by Crippen LogP contribution is -2.33. The average Bonchev–Trinajstić information content (AvgIpc) is 2.93. The number of nitrogens with one attached hydrogen (secondary N) is 2. The van der Waals surface area contributed by atoms with Crippen LogP contribution in [0.4, 0.5) is 17.1 Å². The van der Waals surface area contributed by atoms with E-state index in [9.17, 15) is 9.32 Å². The van der Waals surface area contributed by atoms with E-state index in [1.807, 2.05) is 31.2 Å². The van der Waals surface area contributed by atoms with Crippen molar-refractivity contribution in [3.8, 4) is 16.9 Å². The molecule has 0 fully saturated rings. The summed E-state index contributed by atoms with van der Waals surface area (Å²) in [4.78, 5) is 7.46. The first-order chi connectivity index (χ1) is 18.9. The third-order valence-corrected chi connectivity index (χ3v) is 7.31. The average molecular weight is 553 g/mol. The molecule has 0 heterocycles. The first kappa shape index (κ1) is 30.1. The number of hydrogen-bond donors (Lipinski definition) is 5. The smallest absolute Gasteiger partial charge is 0.198 e. The molecule has 1 unspecified atom stereocenters. The van der Waals surface area contributed by atoms with Crippen LogP contribution in [0, 0.1) is 6.92 Å². The fourth-order valence-electron chi connectivity index (χ4n) is 4.13. The minimum absolute atomic E-state index is 0.119. The fraction of sp³-hybridized carbons (Fsp3) is 0.345. The number of aliphatic imine (C=N–C) groups is 1. The lowest BCUT2D eigenvalue weighted by molar-refractivity contribution is 0.202. The maximum absolute atomic E-state index is 12.6. The second kappa shape index (κ2) is 15.2. The number of benzene rings is 3. The lowest BCUT2D eigenvalue weighted by atomic mass is 9.98. The Morgan fingerprint density at radius 1 is 1.08 bits per heavy atom. The molecule has 3 aromatic carbocycles. The van der Waals surface area contributed by atoms with Crippen LogP contribution in [-0.4, -0.2) is 59.6 Å². The van der Waals surface area contributed by atoms with E-state index in [4.69, 9.17) is 16.2 Å². The second-order valence-corrected chi connectivity index (χ2v) is 10.3. The standard InChI is InChI=1S/C29H40N6O3S/c1-4-15-35(5-2)16-14-32-39(37)23-12-10-22(11-13-23)33-29(31)34-27-20-28(38-18-17-36)25(19-26(27)30)24-9-7-6-8-21(24)3/h6-13,19-20,32,36H,4-5,14-18,30H2,1-3H3,(H3,31,33,34). The van der Waals surface area contributed by atoms with E-state index in [2.05, 4.69) is 33.8 Å². The summed E-state index contributed by atoms with van der Waals surface area (Å²) in [6.45, 7) is 9.83. The summed E-state index contributed by atoms with van der Waals surface area (Å²) in [5.41, 5.74) is 17.0. The number of guanidine groups is 1. The number of hydrogen-bond acceptors (Lipinski definition) is 6. The molecule has 0 radical (unpaired) electrons. The molecule has 0 saturated carbocycles. The van der Waals surface area contributed by atoms with Crippen LogP contribution in [0.25, 0.3) is 11.1 Å². The molecule has 0 bridgehead atoms. The summed E-state index contributed by atoms with van der Waals surface area (Å²) >= 11 is 0. The molecule has 0 aliphatic carbocycles. The molecule has 39 heavy (non-hydrogen) atoms. The minimum atomic E-state index is -1.30. The van der Waals surface area contributed by atoms with E-state index < -0.39 is 11.0 Å². The topological polar surface area (TPSA) is 138 Å². The zero-order valence-electron chi connectivity index (χ0n) is 22.9. The van der Waals surface area contributed by atoms with E-state index in [-0.39, 0.29) is 19.2 Å². The van der Waals surface area contributed by atoms with E-state index in [1.54, 1.807) is 36.4 Å². The SMILES string of the molecule is CCCN(CC)CCNS(=O)c1ccc(NC(N)=Nc2cc(OCCO)c(-c3ccccc3C)cc2N)cc1. The van der Waals surface area contributed by atoms with Gasteiger partial charge < -0.3 is 31.5 Å². The van der Waals surface area contributed by atoms with Crippen LogP contribution in [0.3, 0.4) is 0 Å². The van der Waals surface area contributed by atoms with Gasteiger partial charge >= 0.3 is 0 Å². The van der Waals surface area contributed by atoms with Gasteiger partial charge in [-0.3, -0.25) is 0 Å². The summed E-state index contributed by atoms with van der Waals surface area (Å²) in [6, 6.07) is 18.6. The van der Waals surface area contributed by atoms with Crippen molar-refractivity contribution in [1.29, 1.82) is 0 Å². The van der Waals surface area contributed by atoms with Crippen LogP contribution in [0.2, 0.25) is 0 Å². The highest BCUT2D eigenvalue weighted by molar-refractivity contribution is 7.83. The van der Waals surface area contributed by atoms with E-state index in [0.717, 1.165) is 42.7 Å². The van der Waals surface area contributed by atoms with Crippen LogP contribution < -0.4 is 26.2 Å². The first-order valence-electron chi connectivity index (χ1n) is 13.2. The quantitative estimate of drug-likeness (QED) is 0.116. The van der Waals surface area contributed by atoms with Crippen molar-refractivity contribution in [3.05, 3.63) is 66.2 Å². The number of ether oxygens (including phenoxy) is 1. The summed E-state index contributed by atoms with van der Waals surface area (Å²) < 4.78 is 21.5. The van der Waals surface area contributed by atoms with Crippen LogP contribution in [0.5, 0.6) is 5.75 Å². The Balaban J connectivity index is 1.70.